The van der Waals surface area contributed by atoms with Crippen LogP contribution in [0.15, 0.2) is 12.1 Å². The molecule has 2 spiro atoms. The second-order valence-electron chi connectivity index (χ2n) is 9.41. The Kier molecular flexibility index (Phi) is 3.18. The van der Waals surface area contributed by atoms with Crippen LogP contribution in [0.3, 0.4) is 0 Å². The lowest BCUT2D eigenvalue weighted by Crippen LogP contribution is -2.81. The van der Waals surface area contributed by atoms with Crippen LogP contribution in [-0.4, -0.2) is 55.7 Å². The third kappa shape index (κ3) is 1.61. The summed E-state index contributed by atoms with van der Waals surface area (Å²) < 4.78 is 18.6. The number of nitrogens with two attached hydrogens (primary N) is 1. The molecule has 1 saturated heterocycles. The lowest BCUT2D eigenvalue weighted by atomic mass is 9.35. The molecule has 2 heterocycles. The molecular formula is C22H27N3O4. The van der Waals surface area contributed by atoms with E-state index in [0.717, 1.165) is 43.7 Å². The van der Waals surface area contributed by atoms with Crippen LogP contribution >= 0.6 is 0 Å². The molecule has 3 unspecified atom stereocenters. The van der Waals surface area contributed by atoms with Gasteiger partial charge >= 0.3 is 0 Å². The number of methoxy groups -OCH3 is 2. The van der Waals surface area contributed by atoms with Crippen LogP contribution in [-0.2, 0) is 21.4 Å². The summed E-state index contributed by atoms with van der Waals surface area (Å²) in [6.07, 6.45) is 5.35. The number of rotatable bonds is 4. The van der Waals surface area contributed by atoms with Gasteiger partial charge in [0.1, 0.15) is 11.7 Å². The maximum Gasteiger partial charge on any atom is 0.223 e. The molecule has 1 aromatic carbocycles. The van der Waals surface area contributed by atoms with Crippen LogP contribution in [0.25, 0.3) is 0 Å². The fourth-order valence-corrected chi connectivity index (χ4v) is 8.12. The van der Waals surface area contributed by atoms with E-state index in [0.29, 0.717) is 6.42 Å². The number of ether oxygens (including phenoxy) is 3. The third-order valence-corrected chi connectivity index (χ3v) is 9.11. The molecule has 1 aromatic rings. The maximum atomic E-state index is 12.6. The first-order chi connectivity index (χ1) is 14.0. The number of carbonyl (C=O) groups is 1. The monoisotopic (exact) mass is 397 g/mol. The summed E-state index contributed by atoms with van der Waals surface area (Å²) in [4.78, 5) is 14.8. The van der Waals surface area contributed by atoms with E-state index in [1.54, 1.807) is 14.2 Å². The molecule has 7 rings (SSSR count). The fourth-order valence-electron chi connectivity index (χ4n) is 8.12. The number of hydrogen-bond acceptors (Lipinski definition) is 5. The van der Waals surface area contributed by atoms with E-state index in [1.807, 2.05) is 6.07 Å². The summed E-state index contributed by atoms with van der Waals surface area (Å²) in [5, 5.41) is 8.05. The first kappa shape index (κ1) is 17.6. The van der Waals surface area contributed by atoms with Gasteiger partial charge in [0.25, 0.3) is 0 Å². The van der Waals surface area contributed by atoms with E-state index in [2.05, 4.69) is 11.0 Å². The van der Waals surface area contributed by atoms with E-state index in [4.69, 9.17) is 25.4 Å². The Bertz CT molecular complexity index is 950. The number of fused-ring (bicyclic) bond motifs is 2. The molecule has 3 N–H and O–H groups in total. The number of nitrogens with one attached hydrogen (secondary N) is 1. The molecule has 3 saturated carbocycles. The molecule has 4 aliphatic carbocycles. The minimum absolute atomic E-state index is 0.155. The van der Waals surface area contributed by atoms with Crippen molar-refractivity contribution in [3.8, 4) is 11.5 Å². The van der Waals surface area contributed by atoms with Crippen LogP contribution in [0.4, 0.5) is 0 Å². The van der Waals surface area contributed by atoms with E-state index in [9.17, 15) is 4.79 Å². The summed E-state index contributed by atoms with van der Waals surface area (Å²) in [5.74, 6) is 0.874. The number of carbonyl (C=O) groups excluding carboxylic acids is 1. The molecule has 29 heavy (non-hydrogen) atoms. The molecule has 7 heteroatoms. The van der Waals surface area contributed by atoms with Crippen LogP contribution in [0.2, 0.25) is 0 Å². The van der Waals surface area contributed by atoms with Gasteiger partial charge in [0.15, 0.2) is 11.5 Å². The number of nitrogens with zero attached hydrogens (tertiary/aromatic N) is 1. The van der Waals surface area contributed by atoms with E-state index < -0.39 is 11.5 Å². The average molecular weight is 397 g/mol. The van der Waals surface area contributed by atoms with Gasteiger partial charge in [0.2, 0.25) is 5.91 Å². The Morgan fingerprint density at radius 3 is 2.86 bits per heavy atom. The van der Waals surface area contributed by atoms with Gasteiger partial charge in [0, 0.05) is 36.1 Å². The highest BCUT2D eigenvalue weighted by Gasteiger charge is 2.81. The van der Waals surface area contributed by atoms with Gasteiger partial charge in [-0.2, -0.15) is 0 Å². The van der Waals surface area contributed by atoms with Crippen molar-refractivity contribution in [2.45, 2.75) is 55.3 Å². The summed E-state index contributed by atoms with van der Waals surface area (Å²) >= 11 is 0. The van der Waals surface area contributed by atoms with Gasteiger partial charge in [-0.25, -0.2) is 0 Å². The number of piperidine rings is 1. The van der Waals surface area contributed by atoms with Crippen molar-refractivity contribution in [3.05, 3.63) is 23.3 Å². The first-order valence-electron chi connectivity index (χ1n) is 10.5. The number of likely N-dealkylation sites (tertiary alicyclic amines) is 1. The Morgan fingerprint density at radius 1 is 1.34 bits per heavy atom. The topological polar surface area (TPSA) is 97.9 Å². The SMILES string of the molecule is COc1ccc2c3c1OC1C34CCN(C=N)C(C2)[C@]42CC[C@@]1(OC)[C@@H](C(N)=O)C2. The Hall–Kier alpha value is -2.28. The summed E-state index contributed by atoms with van der Waals surface area (Å²) in [5.41, 5.74) is 7.39. The smallest absolute Gasteiger partial charge is 0.223 e. The first-order valence-corrected chi connectivity index (χ1v) is 10.5. The van der Waals surface area contributed by atoms with Crippen molar-refractivity contribution in [2.24, 2.45) is 17.1 Å². The molecule has 0 radical (unpaired) electrons. The summed E-state index contributed by atoms with van der Waals surface area (Å²) in [7, 11) is 3.37. The number of hydrogen-bond donors (Lipinski definition) is 2. The standard InChI is InChI=1S/C22H27N3O4/c1-27-14-4-3-12-9-15-20-5-6-22(28-2,13(10-20)18(24)26)19-21(20,7-8-25(15)11-23)16(12)17(14)29-19/h3-4,11,13,15,19,23H,5-10H2,1-2H3,(H2,24,26)/t13-,15?,19?,20-,21?,22-/m1/s1. The van der Waals surface area contributed by atoms with Gasteiger partial charge < -0.3 is 24.8 Å². The molecule has 6 aliphatic rings. The molecule has 2 aliphatic heterocycles. The lowest BCUT2D eigenvalue weighted by Gasteiger charge is -2.73. The van der Waals surface area contributed by atoms with Gasteiger partial charge in [-0.1, -0.05) is 6.07 Å². The van der Waals surface area contributed by atoms with Crippen molar-refractivity contribution in [3.63, 3.8) is 0 Å². The second kappa shape index (κ2) is 5.25. The van der Waals surface area contributed by atoms with E-state index in [1.165, 1.54) is 17.5 Å². The highest BCUT2D eigenvalue weighted by molar-refractivity contribution is 5.80. The van der Waals surface area contributed by atoms with Gasteiger partial charge in [0.05, 0.1) is 19.4 Å². The third-order valence-electron chi connectivity index (χ3n) is 9.11. The highest BCUT2D eigenvalue weighted by Crippen LogP contribution is 2.76. The Morgan fingerprint density at radius 2 is 2.17 bits per heavy atom. The molecular weight excluding hydrogens is 370 g/mol. The van der Waals surface area contributed by atoms with Crippen molar-refractivity contribution in [1.29, 1.82) is 5.41 Å². The molecule has 4 fully saturated rings. The average Bonchev–Trinajstić information content (AvgIpc) is 3.10. The van der Waals surface area contributed by atoms with Crippen LogP contribution in [0, 0.1) is 16.7 Å². The second-order valence-corrected chi connectivity index (χ2v) is 9.41. The number of primary amides is 1. The van der Waals surface area contributed by atoms with E-state index in [-0.39, 0.29) is 28.9 Å². The minimum atomic E-state index is -0.719. The largest absolute Gasteiger partial charge is 0.493 e. The zero-order valence-electron chi connectivity index (χ0n) is 16.9. The van der Waals surface area contributed by atoms with Crippen molar-refractivity contribution >= 4 is 12.2 Å². The number of benzene rings is 1. The summed E-state index contributed by atoms with van der Waals surface area (Å²) in [6, 6.07) is 4.31. The lowest BCUT2D eigenvalue weighted by molar-refractivity contribution is -0.266. The van der Waals surface area contributed by atoms with Gasteiger partial charge in [-0.05, 0) is 43.7 Å². The van der Waals surface area contributed by atoms with Crippen molar-refractivity contribution in [1.82, 2.24) is 4.90 Å². The molecule has 1 amide bonds. The van der Waals surface area contributed by atoms with Crippen LogP contribution < -0.4 is 15.2 Å². The van der Waals surface area contributed by atoms with Crippen LogP contribution in [0.5, 0.6) is 11.5 Å². The molecule has 4 bridgehead atoms. The molecule has 0 aromatic heterocycles. The van der Waals surface area contributed by atoms with Crippen molar-refractivity contribution < 1.29 is 19.0 Å². The Balaban J connectivity index is 1.69. The van der Waals surface area contributed by atoms with Gasteiger partial charge in [-0.3, -0.25) is 10.2 Å². The summed E-state index contributed by atoms with van der Waals surface area (Å²) in [6.45, 7) is 0.812. The highest BCUT2D eigenvalue weighted by atomic mass is 16.6. The molecule has 6 atom stereocenters. The van der Waals surface area contributed by atoms with E-state index >= 15 is 0 Å². The zero-order chi connectivity index (χ0) is 20.2. The maximum absolute atomic E-state index is 12.6. The van der Waals surface area contributed by atoms with Gasteiger partial charge in [-0.15, -0.1) is 0 Å². The molecule has 7 nitrogen and oxygen atoms in total. The molecule has 154 valence electrons. The van der Waals surface area contributed by atoms with Crippen LogP contribution in [0.1, 0.15) is 36.8 Å². The number of amides is 1. The fraction of sp³-hybridized carbons (Fsp3) is 0.636. The zero-order valence-corrected chi connectivity index (χ0v) is 16.9. The predicted molar refractivity (Wildman–Crippen MR) is 105 cm³/mol. The Labute approximate surface area is 170 Å². The van der Waals surface area contributed by atoms with Crippen molar-refractivity contribution in [2.75, 3.05) is 20.8 Å². The predicted octanol–water partition coefficient (Wildman–Crippen LogP) is 1.60. The minimum Gasteiger partial charge on any atom is -0.493 e. The quantitative estimate of drug-likeness (QED) is 0.594. The normalized spacial score (nSPS) is 42.8.